The third kappa shape index (κ3) is 4.11. The van der Waals surface area contributed by atoms with Gasteiger partial charge in [0.1, 0.15) is 0 Å². The Morgan fingerprint density at radius 3 is 2.89 bits per heavy atom. The molecule has 0 saturated carbocycles. The van der Waals surface area contributed by atoms with Crippen molar-refractivity contribution in [1.29, 1.82) is 0 Å². The Labute approximate surface area is 182 Å². The standard InChI is InChI=1S/C22H27ClN2OS.ClH/c1-2-22(17-8-4-5-9-18(17)24-21(22)26)11-6-3-7-12-25-13-10-19-16(15-25)14-20(23)27-19;/h4-5,8-9,14H,2-3,6-7,10-13,15H2,1H3,(H,24,26);1H. The number of nitrogens with zero attached hydrogens (tertiary/aromatic N) is 1. The fraction of sp³-hybridized carbons (Fsp3) is 0.500. The van der Waals surface area contributed by atoms with Gasteiger partial charge in [-0.25, -0.2) is 0 Å². The summed E-state index contributed by atoms with van der Waals surface area (Å²) >= 11 is 7.88. The molecule has 28 heavy (non-hydrogen) atoms. The highest BCUT2D eigenvalue weighted by Crippen LogP contribution is 2.43. The number of benzene rings is 1. The molecule has 0 fully saturated rings. The molecule has 2 aromatic rings. The van der Waals surface area contributed by atoms with Crippen molar-refractivity contribution in [3.63, 3.8) is 0 Å². The van der Waals surface area contributed by atoms with Crippen molar-refractivity contribution in [2.24, 2.45) is 0 Å². The Hall–Kier alpha value is -1.07. The Bertz CT molecular complexity index is 838. The summed E-state index contributed by atoms with van der Waals surface area (Å²) in [5.41, 5.74) is 3.28. The number of carbonyl (C=O) groups excluding carboxylic acids is 1. The van der Waals surface area contributed by atoms with Crippen LogP contribution in [0.25, 0.3) is 0 Å². The van der Waals surface area contributed by atoms with Gasteiger partial charge < -0.3 is 5.32 Å². The predicted molar refractivity (Wildman–Crippen MR) is 121 cm³/mol. The maximum Gasteiger partial charge on any atom is 0.235 e. The molecule has 0 radical (unpaired) electrons. The average Bonchev–Trinajstić information content (AvgIpc) is 3.17. The first-order chi connectivity index (χ1) is 13.1. The zero-order chi connectivity index (χ0) is 18.9. The number of anilines is 1. The molecule has 1 aromatic heterocycles. The maximum absolute atomic E-state index is 12.7. The molecule has 2 aliphatic heterocycles. The number of thiophene rings is 1. The summed E-state index contributed by atoms with van der Waals surface area (Å²) < 4.78 is 0.918. The van der Waals surface area contributed by atoms with E-state index in [-0.39, 0.29) is 23.7 Å². The highest BCUT2D eigenvalue weighted by molar-refractivity contribution is 7.16. The molecule has 6 heteroatoms. The van der Waals surface area contributed by atoms with Crippen molar-refractivity contribution in [2.75, 3.05) is 18.4 Å². The normalized spacial score (nSPS) is 21.0. The number of halogens is 2. The van der Waals surface area contributed by atoms with Gasteiger partial charge in [0.25, 0.3) is 0 Å². The van der Waals surface area contributed by atoms with Crippen molar-refractivity contribution in [3.8, 4) is 0 Å². The van der Waals surface area contributed by atoms with E-state index >= 15 is 0 Å². The Balaban J connectivity index is 0.00000225. The van der Waals surface area contributed by atoms with Gasteiger partial charge in [0.2, 0.25) is 5.91 Å². The molecule has 152 valence electrons. The lowest BCUT2D eigenvalue weighted by Crippen LogP contribution is -2.34. The highest BCUT2D eigenvalue weighted by Gasteiger charge is 2.44. The van der Waals surface area contributed by atoms with Gasteiger partial charge in [-0.05, 0) is 55.5 Å². The molecule has 4 rings (SSSR count). The molecule has 1 amide bonds. The van der Waals surface area contributed by atoms with Crippen molar-refractivity contribution < 1.29 is 4.79 Å². The number of hydrogen-bond donors (Lipinski definition) is 1. The first kappa shape index (κ1) is 21.6. The molecule has 1 aromatic carbocycles. The molecule has 3 nitrogen and oxygen atoms in total. The van der Waals surface area contributed by atoms with Crippen molar-refractivity contribution >= 4 is 46.9 Å². The second-order valence-corrected chi connectivity index (χ2v) is 9.54. The van der Waals surface area contributed by atoms with Gasteiger partial charge in [-0.2, -0.15) is 0 Å². The van der Waals surface area contributed by atoms with Crippen LogP contribution in [0, 0.1) is 0 Å². The number of fused-ring (bicyclic) bond motifs is 2. The Kier molecular flexibility index (Phi) is 7.08. The highest BCUT2D eigenvalue weighted by atomic mass is 35.5. The fourth-order valence-electron chi connectivity index (χ4n) is 4.63. The Morgan fingerprint density at radius 1 is 1.25 bits per heavy atom. The van der Waals surface area contributed by atoms with Crippen LogP contribution in [-0.2, 0) is 23.2 Å². The van der Waals surface area contributed by atoms with E-state index in [0.29, 0.717) is 0 Å². The van der Waals surface area contributed by atoms with Crippen LogP contribution >= 0.6 is 35.3 Å². The van der Waals surface area contributed by atoms with Gasteiger partial charge in [0.15, 0.2) is 0 Å². The molecule has 1 unspecified atom stereocenters. The molecular formula is C22H28Cl2N2OS. The van der Waals surface area contributed by atoms with E-state index < -0.39 is 0 Å². The van der Waals surface area contributed by atoms with Gasteiger partial charge in [-0.15, -0.1) is 23.7 Å². The number of rotatable bonds is 7. The van der Waals surface area contributed by atoms with E-state index in [2.05, 4.69) is 29.3 Å². The summed E-state index contributed by atoms with van der Waals surface area (Å²) in [7, 11) is 0. The lowest BCUT2D eigenvalue weighted by atomic mass is 9.75. The summed E-state index contributed by atoms with van der Waals surface area (Å²) in [5, 5.41) is 3.09. The van der Waals surface area contributed by atoms with E-state index in [1.807, 2.05) is 18.2 Å². The van der Waals surface area contributed by atoms with Crippen LogP contribution < -0.4 is 5.32 Å². The van der Waals surface area contributed by atoms with Crippen molar-refractivity contribution in [2.45, 2.75) is 57.4 Å². The lowest BCUT2D eigenvalue weighted by molar-refractivity contribution is -0.121. The molecule has 3 heterocycles. The maximum atomic E-state index is 12.7. The average molecular weight is 439 g/mol. The van der Waals surface area contributed by atoms with Crippen LogP contribution in [-0.4, -0.2) is 23.9 Å². The molecule has 0 spiro atoms. The largest absolute Gasteiger partial charge is 0.325 e. The quantitative estimate of drug-likeness (QED) is 0.534. The summed E-state index contributed by atoms with van der Waals surface area (Å²) in [6, 6.07) is 10.3. The molecule has 0 bridgehead atoms. The van der Waals surface area contributed by atoms with Gasteiger partial charge >= 0.3 is 0 Å². The molecule has 2 aliphatic rings. The van der Waals surface area contributed by atoms with Crippen LogP contribution in [0.4, 0.5) is 5.69 Å². The zero-order valence-electron chi connectivity index (χ0n) is 16.3. The number of hydrogen-bond acceptors (Lipinski definition) is 3. The van der Waals surface area contributed by atoms with E-state index in [4.69, 9.17) is 11.6 Å². The Morgan fingerprint density at radius 2 is 2.07 bits per heavy atom. The third-order valence-electron chi connectivity index (χ3n) is 6.22. The van der Waals surface area contributed by atoms with Crippen LogP contribution in [0.5, 0.6) is 0 Å². The number of carbonyl (C=O) groups is 1. The van der Waals surface area contributed by atoms with Gasteiger partial charge in [0.05, 0.1) is 9.75 Å². The summed E-state index contributed by atoms with van der Waals surface area (Å²) in [6.07, 6.45) is 6.39. The molecular weight excluding hydrogens is 411 g/mol. The fourth-order valence-corrected chi connectivity index (χ4v) is 5.93. The summed E-state index contributed by atoms with van der Waals surface area (Å²) in [5.74, 6) is 0.184. The summed E-state index contributed by atoms with van der Waals surface area (Å²) in [4.78, 5) is 16.7. The summed E-state index contributed by atoms with van der Waals surface area (Å²) in [6.45, 7) is 5.44. The number of unbranched alkanes of at least 4 members (excludes halogenated alkanes) is 2. The van der Waals surface area contributed by atoms with E-state index in [9.17, 15) is 4.79 Å². The van der Waals surface area contributed by atoms with Crippen LogP contribution in [0.15, 0.2) is 30.3 Å². The lowest BCUT2D eigenvalue weighted by Gasteiger charge is -2.28. The van der Waals surface area contributed by atoms with E-state index in [1.165, 1.54) is 28.8 Å². The molecule has 0 aliphatic carbocycles. The first-order valence-corrected chi connectivity index (χ1v) is 11.2. The van der Waals surface area contributed by atoms with Crippen LogP contribution in [0.3, 0.4) is 0 Å². The zero-order valence-corrected chi connectivity index (χ0v) is 18.7. The van der Waals surface area contributed by atoms with Crippen molar-refractivity contribution in [3.05, 3.63) is 50.7 Å². The topological polar surface area (TPSA) is 32.3 Å². The molecule has 1 atom stereocenters. The minimum atomic E-state index is -0.329. The monoisotopic (exact) mass is 438 g/mol. The first-order valence-electron chi connectivity index (χ1n) is 10.0. The number of para-hydroxylation sites is 1. The number of amides is 1. The second-order valence-electron chi connectivity index (χ2n) is 7.77. The van der Waals surface area contributed by atoms with E-state index in [0.717, 1.165) is 55.3 Å². The predicted octanol–water partition coefficient (Wildman–Crippen LogP) is 6.04. The third-order valence-corrected chi connectivity index (χ3v) is 7.59. The molecule has 1 N–H and O–H groups in total. The second kappa shape index (κ2) is 9.17. The molecule has 0 saturated heterocycles. The van der Waals surface area contributed by atoms with E-state index in [1.54, 1.807) is 11.3 Å². The van der Waals surface area contributed by atoms with Gasteiger partial charge in [-0.3, -0.25) is 9.69 Å². The van der Waals surface area contributed by atoms with Gasteiger partial charge in [-0.1, -0.05) is 49.6 Å². The van der Waals surface area contributed by atoms with Gasteiger partial charge in [0, 0.05) is 23.7 Å². The SMILES string of the molecule is CCC1(CCCCCN2CCc3sc(Cl)cc3C2)C(=O)Nc2ccccc21.Cl. The van der Waals surface area contributed by atoms with Crippen molar-refractivity contribution in [1.82, 2.24) is 4.90 Å². The minimum Gasteiger partial charge on any atom is -0.325 e. The smallest absolute Gasteiger partial charge is 0.235 e. The minimum absolute atomic E-state index is 0. The van der Waals surface area contributed by atoms with Crippen LogP contribution in [0.1, 0.15) is 55.0 Å². The number of nitrogens with one attached hydrogen (secondary N) is 1. The van der Waals surface area contributed by atoms with Crippen LogP contribution in [0.2, 0.25) is 4.34 Å².